The molecule has 0 aliphatic heterocycles. The van der Waals surface area contributed by atoms with E-state index in [1.54, 1.807) is 0 Å². The van der Waals surface area contributed by atoms with Crippen molar-refractivity contribution >= 4 is 40.2 Å². The van der Waals surface area contributed by atoms with Gasteiger partial charge in [0.05, 0.1) is 11.6 Å². The van der Waals surface area contributed by atoms with Gasteiger partial charge in [0.2, 0.25) is 0 Å². The van der Waals surface area contributed by atoms with E-state index in [-0.39, 0.29) is 5.97 Å². The molecule has 1 rings (SSSR count). The largest absolute Gasteiger partial charge is 0.466 e. The van der Waals surface area contributed by atoms with Crippen LogP contribution in [0.15, 0.2) is 18.2 Å². The quantitative estimate of drug-likeness (QED) is 0.621. The van der Waals surface area contributed by atoms with Crippen LogP contribution in [0.3, 0.4) is 0 Å². The van der Waals surface area contributed by atoms with E-state index in [2.05, 4.69) is 22.6 Å². The molecule has 0 N–H and O–H groups in total. The number of carbonyl (C=O) groups excluding carboxylic acids is 1. The highest BCUT2D eigenvalue weighted by molar-refractivity contribution is 14.1. The molecular formula is C11H12ClIO2. The van der Waals surface area contributed by atoms with Crippen LogP contribution in [0.5, 0.6) is 0 Å². The molecule has 1 aromatic carbocycles. The monoisotopic (exact) mass is 338 g/mol. The van der Waals surface area contributed by atoms with Crippen LogP contribution in [-0.2, 0) is 16.0 Å². The minimum absolute atomic E-state index is 0.151. The number of rotatable bonds is 4. The van der Waals surface area contributed by atoms with Crippen molar-refractivity contribution in [2.75, 3.05) is 6.61 Å². The number of aryl methyl sites for hydroxylation is 1. The van der Waals surface area contributed by atoms with E-state index in [9.17, 15) is 4.79 Å². The second-order valence-electron chi connectivity index (χ2n) is 3.05. The lowest BCUT2D eigenvalue weighted by Crippen LogP contribution is -2.05. The molecule has 0 aromatic heterocycles. The van der Waals surface area contributed by atoms with Crippen LogP contribution >= 0.6 is 34.2 Å². The van der Waals surface area contributed by atoms with Gasteiger partial charge in [-0.15, -0.1) is 0 Å². The summed E-state index contributed by atoms with van der Waals surface area (Å²) in [4.78, 5) is 11.1. The maximum Gasteiger partial charge on any atom is 0.306 e. The van der Waals surface area contributed by atoms with Gasteiger partial charge in [0.15, 0.2) is 0 Å². The third-order valence-corrected chi connectivity index (χ3v) is 3.45. The highest BCUT2D eigenvalue weighted by Gasteiger charge is 2.04. The van der Waals surface area contributed by atoms with Crippen LogP contribution in [0, 0.1) is 3.57 Å². The molecule has 0 spiro atoms. The Morgan fingerprint density at radius 1 is 1.53 bits per heavy atom. The first-order chi connectivity index (χ1) is 7.13. The molecule has 0 unspecified atom stereocenters. The molecule has 0 fully saturated rings. The number of benzene rings is 1. The van der Waals surface area contributed by atoms with E-state index in [1.165, 1.54) is 0 Å². The summed E-state index contributed by atoms with van der Waals surface area (Å²) in [7, 11) is 0. The van der Waals surface area contributed by atoms with Gasteiger partial charge in [-0.2, -0.15) is 0 Å². The Labute approximate surface area is 108 Å². The average molecular weight is 339 g/mol. The molecule has 82 valence electrons. The van der Waals surface area contributed by atoms with E-state index < -0.39 is 0 Å². The molecule has 1 aromatic rings. The fourth-order valence-electron chi connectivity index (χ4n) is 1.17. The Balaban J connectivity index is 2.51. The molecular weight excluding hydrogens is 326 g/mol. The first kappa shape index (κ1) is 12.8. The predicted molar refractivity (Wildman–Crippen MR) is 69.1 cm³/mol. The van der Waals surface area contributed by atoms with E-state index in [1.807, 2.05) is 25.1 Å². The smallest absolute Gasteiger partial charge is 0.306 e. The molecule has 0 bridgehead atoms. The van der Waals surface area contributed by atoms with Gasteiger partial charge in [0.1, 0.15) is 0 Å². The third-order valence-electron chi connectivity index (χ3n) is 1.91. The molecule has 15 heavy (non-hydrogen) atoms. The topological polar surface area (TPSA) is 26.3 Å². The van der Waals surface area contributed by atoms with Crippen molar-refractivity contribution in [3.8, 4) is 0 Å². The third kappa shape index (κ3) is 4.38. The maximum absolute atomic E-state index is 11.1. The summed E-state index contributed by atoms with van der Waals surface area (Å²) in [5, 5.41) is 0.746. The average Bonchev–Trinajstić information content (AvgIpc) is 2.20. The molecule has 0 aliphatic carbocycles. The van der Waals surface area contributed by atoms with Gasteiger partial charge in [0.25, 0.3) is 0 Å². The summed E-state index contributed by atoms with van der Waals surface area (Å²) in [6.07, 6.45) is 1.12. The van der Waals surface area contributed by atoms with Gasteiger partial charge in [-0.3, -0.25) is 4.79 Å². The summed E-state index contributed by atoms with van der Waals surface area (Å²) in [5.41, 5.74) is 1.11. The van der Waals surface area contributed by atoms with Gasteiger partial charge >= 0.3 is 5.97 Å². The zero-order valence-corrected chi connectivity index (χ0v) is 11.3. The molecule has 0 radical (unpaired) electrons. The predicted octanol–water partition coefficient (Wildman–Crippen LogP) is 3.44. The summed E-state index contributed by atoms with van der Waals surface area (Å²) >= 11 is 8.07. The van der Waals surface area contributed by atoms with Crippen molar-refractivity contribution in [3.05, 3.63) is 32.4 Å². The lowest BCUT2D eigenvalue weighted by atomic mass is 10.1. The van der Waals surface area contributed by atoms with E-state index >= 15 is 0 Å². The Morgan fingerprint density at radius 3 is 2.87 bits per heavy atom. The lowest BCUT2D eigenvalue weighted by molar-refractivity contribution is -0.143. The zero-order valence-electron chi connectivity index (χ0n) is 8.43. The summed E-state index contributed by atoms with van der Waals surface area (Å²) in [5.74, 6) is -0.151. The minimum atomic E-state index is -0.151. The van der Waals surface area contributed by atoms with E-state index in [0.29, 0.717) is 19.4 Å². The van der Waals surface area contributed by atoms with Gasteiger partial charge in [-0.1, -0.05) is 17.7 Å². The normalized spacial score (nSPS) is 10.1. The van der Waals surface area contributed by atoms with Crippen LogP contribution in [0.2, 0.25) is 5.02 Å². The second kappa shape index (κ2) is 6.33. The van der Waals surface area contributed by atoms with Gasteiger partial charge < -0.3 is 4.74 Å². The van der Waals surface area contributed by atoms with Gasteiger partial charge in [-0.05, 0) is 53.6 Å². The number of halogens is 2. The number of hydrogen-bond donors (Lipinski definition) is 0. The van der Waals surface area contributed by atoms with Crippen LogP contribution in [-0.4, -0.2) is 12.6 Å². The molecule has 0 heterocycles. The SMILES string of the molecule is CCOC(=O)CCc1ccc(Cl)c(I)c1. The van der Waals surface area contributed by atoms with Crippen molar-refractivity contribution in [2.24, 2.45) is 0 Å². The number of hydrogen-bond acceptors (Lipinski definition) is 2. The summed E-state index contributed by atoms with van der Waals surface area (Å²) < 4.78 is 5.86. The van der Waals surface area contributed by atoms with E-state index in [4.69, 9.17) is 16.3 Å². The fourth-order valence-corrected chi connectivity index (χ4v) is 1.87. The Hall–Kier alpha value is -0.290. The molecule has 0 aliphatic rings. The van der Waals surface area contributed by atoms with Gasteiger partial charge in [0, 0.05) is 9.99 Å². The van der Waals surface area contributed by atoms with Crippen LogP contribution in [0.4, 0.5) is 0 Å². The fraction of sp³-hybridized carbons (Fsp3) is 0.364. The Bertz CT molecular complexity index is 352. The van der Waals surface area contributed by atoms with Crippen molar-refractivity contribution in [2.45, 2.75) is 19.8 Å². The van der Waals surface area contributed by atoms with Crippen molar-refractivity contribution in [3.63, 3.8) is 0 Å². The molecule has 2 nitrogen and oxygen atoms in total. The lowest BCUT2D eigenvalue weighted by Gasteiger charge is -2.03. The van der Waals surface area contributed by atoms with Crippen molar-refractivity contribution in [1.29, 1.82) is 0 Å². The zero-order chi connectivity index (χ0) is 11.3. The van der Waals surface area contributed by atoms with Crippen LogP contribution < -0.4 is 0 Å². The molecule has 4 heteroatoms. The molecule has 0 saturated carbocycles. The maximum atomic E-state index is 11.1. The number of ether oxygens (including phenoxy) is 1. The number of carbonyl (C=O) groups is 1. The second-order valence-corrected chi connectivity index (χ2v) is 4.62. The van der Waals surface area contributed by atoms with Crippen molar-refractivity contribution < 1.29 is 9.53 Å². The minimum Gasteiger partial charge on any atom is -0.466 e. The number of esters is 1. The molecule has 0 atom stereocenters. The molecule has 0 saturated heterocycles. The first-order valence-corrected chi connectivity index (χ1v) is 6.18. The summed E-state index contributed by atoms with van der Waals surface area (Å²) in [6.45, 7) is 2.25. The van der Waals surface area contributed by atoms with Crippen molar-refractivity contribution in [1.82, 2.24) is 0 Å². The van der Waals surface area contributed by atoms with Crippen LogP contribution in [0.25, 0.3) is 0 Å². The van der Waals surface area contributed by atoms with E-state index in [0.717, 1.165) is 14.2 Å². The Kier molecular flexibility index (Phi) is 5.39. The standard InChI is InChI=1S/C11H12ClIO2/c1-2-15-11(14)6-4-8-3-5-9(12)10(13)7-8/h3,5,7H,2,4,6H2,1H3. The highest BCUT2D eigenvalue weighted by atomic mass is 127. The van der Waals surface area contributed by atoms with Crippen LogP contribution in [0.1, 0.15) is 18.9 Å². The Morgan fingerprint density at radius 2 is 2.27 bits per heavy atom. The first-order valence-electron chi connectivity index (χ1n) is 4.73. The summed E-state index contributed by atoms with van der Waals surface area (Å²) in [6, 6.07) is 5.77. The van der Waals surface area contributed by atoms with Gasteiger partial charge in [-0.25, -0.2) is 0 Å². The highest BCUT2D eigenvalue weighted by Crippen LogP contribution is 2.20. The molecule has 0 amide bonds.